The molecule has 10 heteroatoms. The van der Waals surface area contributed by atoms with Crippen LogP contribution in [0.3, 0.4) is 0 Å². The summed E-state index contributed by atoms with van der Waals surface area (Å²) < 4.78 is 1.75. The summed E-state index contributed by atoms with van der Waals surface area (Å²) in [6.07, 6.45) is 2.66. The van der Waals surface area contributed by atoms with Crippen molar-refractivity contribution in [1.82, 2.24) is 14.5 Å². The number of nitro groups is 1. The molecule has 1 N–H and O–H groups in total. The highest BCUT2D eigenvalue weighted by Gasteiger charge is 2.22. The van der Waals surface area contributed by atoms with Gasteiger partial charge in [0.2, 0.25) is 5.91 Å². The second-order valence-corrected chi connectivity index (χ2v) is 8.04. The lowest BCUT2D eigenvalue weighted by atomic mass is 10.2. The molecule has 0 fully saturated rings. The van der Waals surface area contributed by atoms with Crippen LogP contribution in [0.25, 0.3) is 0 Å². The van der Waals surface area contributed by atoms with E-state index < -0.39 is 4.92 Å². The van der Waals surface area contributed by atoms with Gasteiger partial charge in [-0.3, -0.25) is 19.5 Å². The summed E-state index contributed by atoms with van der Waals surface area (Å²) in [4.78, 5) is 41.4. The van der Waals surface area contributed by atoms with Gasteiger partial charge in [0.1, 0.15) is 5.03 Å². The fraction of sp³-hybridized carbons (Fsp3) is 0.421. The first-order chi connectivity index (χ1) is 13.8. The van der Waals surface area contributed by atoms with E-state index >= 15 is 0 Å². The number of anilines is 1. The molecule has 29 heavy (non-hydrogen) atoms. The molecule has 0 bridgehead atoms. The molecular weight excluding hydrogens is 394 g/mol. The lowest BCUT2D eigenvalue weighted by Gasteiger charge is -2.16. The molecule has 1 amide bonds. The zero-order valence-corrected chi connectivity index (χ0v) is 17.2. The number of hydrogen-bond acceptors (Lipinski definition) is 7. The third kappa shape index (κ3) is 5.21. The van der Waals surface area contributed by atoms with Crippen LogP contribution in [0.15, 0.2) is 34.1 Å². The number of carbonyl (C=O) groups is 1. The maximum Gasteiger partial charge on any atom is 0.348 e. The van der Waals surface area contributed by atoms with Crippen molar-refractivity contribution < 1.29 is 9.72 Å². The number of nitro benzene ring substituents is 1. The maximum atomic E-state index is 12.5. The monoisotopic (exact) mass is 417 g/mol. The Balaban J connectivity index is 1.69. The first kappa shape index (κ1) is 21.0. The summed E-state index contributed by atoms with van der Waals surface area (Å²) in [6, 6.07) is 5.79. The Kier molecular flexibility index (Phi) is 6.65. The van der Waals surface area contributed by atoms with Gasteiger partial charge in [-0.25, -0.2) is 4.79 Å². The van der Waals surface area contributed by atoms with Crippen molar-refractivity contribution in [2.24, 2.45) is 0 Å². The Hall–Kier alpha value is -2.72. The van der Waals surface area contributed by atoms with E-state index in [2.05, 4.69) is 10.3 Å². The molecule has 2 aromatic rings. The van der Waals surface area contributed by atoms with Crippen molar-refractivity contribution in [2.45, 2.75) is 30.8 Å². The van der Waals surface area contributed by atoms with Gasteiger partial charge >= 0.3 is 5.69 Å². The van der Waals surface area contributed by atoms with Gasteiger partial charge in [-0.05, 0) is 39.4 Å². The SMILES string of the molecule is CN(C)CCn1c2c(c(SCC(=O)Nc3cccc([N+](=O)[O-])c3)nc1=O)CCC2. The van der Waals surface area contributed by atoms with Crippen molar-refractivity contribution in [2.75, 3.05) is 31.7 Å². The minimum absolute atomic E-state index is 0.0727. The summed E-state index contributed by atoms with van der Waals surface area (Å²) in [6.45, 7) is 1.35. The number of fused-ring (bicyclic) bond motifs is 1. The summed E-state index contributed by atoms with van der Waals surface area (Å²) in [5, 5.41) is 14.1. The van der Waals surface area contributed by atoms with Crippen molar-refractivity contribution in [3.63, 3.8) is 0 Å². The molecule has 0 atom stereocenters. The van der Waals surface area contributed by atoms with Gasteiger partial charge in [-0.1, -0.05) is 17.8 Å². The van der Waals surface area contributed by atoms with E-state index in [4.69, 9.17) is 0 Å². The van der Waals surface area contributed by atoms with Crippen LogP contribution in [-0.4, -0.2) is 51.7 Å². The highest BCUT2D eigenvalue weighted by atomic mass is 32.2. The van der Waals surface area contributed by atoms with E-state index in [1.807, 2.05) is 19.0 Å². The zero-order chi connectivity index (χ0) is 21.0. The summed E-state index contributed by atoms with van der Waals surface area (Å²) in [5.41, 5.74) is 2.07. The predicted molar refractivity (Wildman–Crippen MR) is 112 cm³/mol. The van der Waals surface area contributed by atoms with Gasteiger partial charge in [0.05, 0.1) is 10.7 Å². The summed E-state index contributed by atoms with van der Waals surface area (Å²) >= 11 is 1.23. The molecule has 1 heterocycles. The number of nitrogens with zero attached hydrogens (tertiary/aromatic N) is 4. The number of rotatable bonds is 8. The van der Waals surface area contributed by atoms with Gasteiger partial charge in [-0.15, -0.1) is 0 Å². The van der Waals surface area contributed by atoms with E-state index in [0.717, 1.165) is 37.1 Å². The molecule has 0 unspecified atom stereocenters. The van der Waals surface area contributed by atoms with E-state index in [9.17, 15) is 19.7 Å². The summed E-state index contributed by atoms with van der Waals surface area (Å²) in [7, 11) is 3.92. The van der Waals surface area contributed by atoms with Gasteiger partial charge in [0, 0.05) is 42.2 Å². The van der Waals surface area contributed by atoms with Gasteiger partial charge in [0.25, 0.3) is 5.69 Å². The molecule has 154 valence electrons. The molecule has 0 saturated heterocycles. The Morgan fingerprint density at radius 1 is 1.38 bits per heavy atom. The largest absolute Gasteiger partial charge is 0.348 e. The van der Waals surface area contributed by atoms with Crippen LogP contribution in [0.5, 0.6) is 0 Å². The average Bonchev–Trinajstić information content (AvgIpc) is 3.15. The number of likely N-dealkylation sites (N-methyl/N-ethyl adjacent to an activating group) is 1. The molecule has 0 aliphatic heterocycles. The number of nitrogens with one attached hydrogen (secondary N) is 1. The highest BCUT2D eigenvalue weighted by Crippen LogP contribution is 2.29. The van der Waals surface area contributed by atoms with Crippen LogP contribution in [0, 0.1) is 10.1 Å². The minimum atomic E-state index is -0.511. The van der Waals surface area contributed by atoms with E-state index in [1.165, 1.54) is 30.0 Å². The first-order valence-electron chi connectivity index (χ1n) is 9.29. The topological polar surface area (TPSA) is 110 Å². The Morgan fingerprint density at radius 2 is 2.17 bits per heavy atom. The van der Waals surface area contributed by atoms with Crippen molar-refractivity contribution >= 4 is 29.0 Å². The normalized spacial score (nSPS) is 12.8. The third-order valence-electron chi connectivity index (χ3n) is 4.65. The van der Waals surface area contributed by atoms with Crippen LogP contribution in [0.2, 0.25) is 0 Å². The number of aromatic nitrogens is 2. The molecular formula is C19H23N5O4S. The van der Waals surface area contributed by atoms with Gasteiger partial charge in [-0.2, -0.15) is 4.98 Å². The van der Waals surface area contributed by atoms with Crippen LogP contribution in [0.4, 0.5) is 11.4 Å². The molecule has 1 aliphatic carbocycles. The van der Waals surface area contributed by atoms with E-state index in [0.29, 0.717) is 17.3 Å². The van der Waals surface area contributed by atoms with Crippen molar-refractivity contribution in [3.8, 4) is 0 Å². The second kappa shape index (κ2) is 9.19. The first-order valence-corrected chi connectivity index (χ1v) is 10.3. The molecule has 9 nitrogen and oxygen atoms in total. The Bertz CT molecular complexity index is 989. The molecule has 0 radical (unpaired) electrons. The zero-order valence-electron chi connectivity index (χ0n) is 16.4. The number of benzene rings is 1. The Morgan fingerprint density at radius 3 is 2.90 bits per heavy atom. The molecule has 0 spiro atoms. The number of carbonyl (C=O) groups excluding carboxylic acids is 1. The van der Waals surface area contributed by atoms with Crippen LogP contribution < -0.4 is 11.0 Å². The lowest BCUT2D eigenvalue weighted by Crippen LogP contribution is -2.31. The smallest absolute Gasteiger partial charge is 0.325 e. The van der Waals surface area contributed by atoms with Crippen molar-refractivity contribution in [3.05, 3.63) is 56.1 Å². The van der Waals surface area contributed by atoms with Crippen LogP contribution in [0.1, 0.15) is 17.7 Å². The number of non-ortho nitro benzene ring substituents is 1. The number of amides is 1. The number of hydrogen-bond donors (Lipinski definition) is 1. The van der Waals surface area contributed by atoms with Crippen LogP contribution >= 0.6 is 11.8 Å². The average molecular weight is 417 g/mol. The summed E-state index contributed by atoms with van der Waals surface area (Å²) in [5.74, 6) is -0.232. The lowest BCUT2D eigenvalue weighted by molar-refractivity contribution is -0.384. The molecule has 1 aromatic heterocycles. The molecule has 3 rings (SSSR count). The van der Waals surface area contributed by atoms with Crippen molar-refractivity contribution in [1.29, 1.82) is 0 Å². The maximum absolute atomic E-state index is 12.5. The fourth-order valence-electron chi connectivity index (χ4n) is 3.26. The molecule has 1 aromatic carbocycles. The van der Waals surface area contributed by atoms with Gasteiger partial charge in [0.15, 0.2) is 0 Å². The van der Waals surface area contributed by atoms with Crippen LogP contribution in [-0.2, 0) is 24.2 Å². The predicted octanol–water partition coefficient (Wildman–Crippen LogP) is 1.93. The fourth-order valence-corrected chi connectivity index (χ4v) is 4.14. The van der Waals surface area contributed by atoms with Gasteiger partial charge < -0.3 is 10.2 Å². The van der Waals surface area contributed by atoms with E-state index in [-0.39, 0.29) is 23.0 Å². The second-order valence-electron chi connectivity index (χ2n) is 7.08. The third-order valence-corrected chi connectivity index (χ3v) is 5.67. The molecule has 1 aliphatic rings. The minimum Gasteiger partial charge on any atom is -0.325 e. The Labute approximate surface area is 172 Å². The standard InChI is InChI=1S/C19H23N5O4S/c1-22(2)9-10-23-16-8-4-7-15(16)18(21-19(23)26)29-12-17(25)20-13-5-3-6-14(11-13)24(27)28/h3,5-6,11H,4,7-10,12H2,1-2H3,(H,20,25). The quantitative estimate of drug-likeness (QED) is 0.302. The van der Waals surface area contributed by atoms with E-state index in [1.54, 1.807) is 10.6 Å². The molecule has 0 saturated carbocycles. The number of thioether (sulfide) groups is 1. The highest BCUT2D eigenvalue weighted by molar-refractivity contribution is 8.00.